The van der Waals surface area contributed by atoms with Crippen molar-refractivity contribution >= 4 is 10.1 Å². The Morgan fingerprint density at radius 1 is 1.44 bits per heavy atom. The molecule has 0 aromatic carbocycles. The molecule has 1 rings (SSSR count). The van der Waals surface area contributed by atoms with Crippen molar-refractivity contribution in [2.24, 2.45) is 7.05 Å². The van der Waals surface area contributed by atoms with Gasteiger partial charge in [-0.05, 0) is 6.92 Å². The van der Waals surface area contributed by atoms with Gasteiger partial charge in [0.25, 0.3) is 0 Å². The number of alkyl halides is 3. The van der Waals surface area contributed by atoms with Gasteiger partial charge >= 0.3 is 5.51 Å². The van der Waals surface area contributed by atoms with E-state index in [-0.39, 0.29) is 0 Å². The maximum atomic E-state index is 10.7. The Morgan fingerprint density at radius 2 is 1.88 bits per heavy atom. The van der Waals surface area contributed by atoms with Gasteiger partial charge in [-0.2, -0.15) is 17.9 Å². The molecule has 16 heavy (non-hydrogen) atoms. The first-order valence-electron chi connectivity index (χ1n) is 4.12. The van der Waals surface area contributed by atoms with E-state index < -0.39 is 15.6 Å². The predicted molar refractivity (Wildman–Crippen MR) is 47.0 cm³/mol. The average molecular weight is 260 g/mol. The summed E-state index contributed by atoms with van der Waals surface area (Å²) in [7, 11) is -4.06. The van der Waals surface area contributed by atoms with Crippen LogP contribution in [0.2, 0.25) is 0 Å². The molecule has 1 aromatic rings. The second-order valence-electron chi connectivity index (χ2n) is 2.72. The molecule has 0 fully saturated rings. The van der Waals surface area contributed by atoms with E-state index in [2.05, 4.69) is 22.5 Å². The van der Waals surface area contributed by atoms with Crippen LogP contribution in [0.25, 0.3) is 0 Å². The van der Waals surface area contributed by atoms with Crippen LogP contribution in [-0.2, 0) is 23.7 Å². The van der Waals surface area contributed by atoms with Crippen LogP contribution < -0.4 is 4.68 Å². The largest absolute Gasteiger partial charge is 0.741 e. The highest BCUT2D eigenvalue weighted by Gasteiger charge is 2.36. The molecule has 9 heteroatoms. The molecular formula is C7H11F3N2O3S. The second kappa shape index (κ2) is 5.30. The molecule has 0 atom stereocenters. The minimum atomic E-state index is -6.09. The van der Waals surface area contributed by atoms with Gasteiger partial charge < -0.3 is 4.55 Å². The van der Waals surface area contributed by atoms with Crippen molar-refractivity contribution in [3.8, 4) is 0 Å². The van der Waals surface area contributed by atoms with E-state index >= 15 is 0 Å². The van der Waals surface area contributed by atoms with Gasteiger partial charge in [0.05, 0.1) is 13.2 Å². The zero-order valence-corrected chi connectivity index (χ0v) is 9.42. The van der Waals surface area contributed by atoms with Crippen LogP contribution in [0.3, 0.4) is 0 Å². The average Bonchev–Trinajstić information content (AvgIpc) is 2.48. The van der Waals surface area contributed by atoms with Gasteiger partial charge in [-0.3, -0.25) is 0 Å². The van der Waals surface area contributed by atoms with Crippen LogP contribution in [0.4, 0.5) is 13.2 Å². The molecule has 0 saturated heterocycles. The molecule has 0 unspecified atom stereocenters. The molecule has 0 N–H and O–H groups in total. The van der Waals surface area contributed by atoms with Crippen molar-refractivity contribution in [3.63, 3.8) is 0 Å². The smallest absolute Gasteiger partial charge is 0.485 e. The first kappa shape index (κ1) is 14.9. The summed E-state index contributed by atoms with van der Waals surface area (Å²) in [5.41, 5.74) is -5.65. The molecule has 1 aromatic heterocycles. The number of rotatable bonds is 1. The monoisotopic (exact) mass is 260 g/mol. The number of aromatic nitrogens is 2. The van der Waals surface area contributed by atoms with Crippen molar-refractivity contribution in [1.29, 1.82) is 0 Å². The summed E-state index contributed by atoms with van der Waals surface area (Å²) in [5.74, 6) is 0. The fourth-order valence-electron chi connectivity index (χ4n) is 0.782. The number of hydrogen-bond acceptors (Lipinski definition) is 3. The van der Waals surface area contributed by atoms with Crippen molar-refractivity contribution in [3.05, 3.63) is 18.5 Å². The van der Waals surface area contributed by atoms with Gasteiger partial charge in [0, 0.05) is 6.07 Å². The molecule has 0 bridgehead atoms. The van der Waals surface area contributed by atoms with Crippen LogP contribution in [-0.4, -0.2) is 23.2 Å². The number of aryl methyl sites for hydroxylation is 2. The molecule has 0 saturated carbocycles. The maximum Gasteiger partial charge on any atom is 0.485 e. The maximum absolute atomic E-state index is 10.7. The van der Waals surface area contributed by atoms with Crippen molar-refractivity contribution < 1.29 is 30.8 Å². The van der Waals surface area contributed by atoms with Gasteiger partial charge in [0.15, 0.2) is 22.9 Å². The Labute approximate surface area is 90.8 Å². The first-order valence-corrected chi connectivity index (χ1v) is 5.53. The molecule has 0 spiro atoms. The lowest BCUT2D eigenvalue weighted by molar-refractivity contribution is -0.770. The fraction of sp³-hybridized carbons (Fsp3) is 0.571. The third-order valence-electron chi connectivity index (χ3n) is 1.57. The van der Waals surface area contributed by atoms with Crippen molar-refractivity contribution in [2.45, 2.75) is 19.0 Å². The van der Waals surface area contributed by atoms with E-state index in [0.717, 1.165) is 6.54 Å². The molecule has 0 radical (unpaired) electrons. The fourth-order valence-corrected chi connectivity index (χ4v) is 0.782. The van der Waals surface area contributed by atoms with E-state index in [1.54, 1.807) is 0 Å². The molecule has 94 valence electrons. The van der Waals surface area contributed by atoms with Crippen LogP contribution in [0.15, 0.2) is 18.5 Å². The van der Waals surface area contributed by atoms with E-state index in [4.69, 9.17) is 13.0 Å². The first-order chi connectivity index (χ1) is 7.09. The zero-order valence-electron chi connectivity index (χ0n) is 8.60. The summed E-state index contributed by atoms with van der Waals surface area (Å²) in [6.07, 6.45) is 4.09. The molecule has 1 heterocycles. The lowest BCUT2D eigenvalue weighted by Crippen LogP contribution is -2.39. The van der Waals surface area contributed by atoms with Gasteiger partial charge in [-0.25, -0.2) is 8.42 Å². The molecular weight excluding hydrogens is 249 g/mol. The van der Waals surface area contributed by atoms with Crippen LogP contribution in [0, 0.1) is 0 Å². The third kappa shape index (κ3) is 4.62. The summed E-state index contributed by atoms with van der Waals surface area (Å²) in [6.45, 7) is 3.17. The SMILES string of the molecule is CC[n+]1cccn1C.O=S(=O)([O-])C(F)(F)F. The Kier molecular flexibility index (Phi) is 4.94. The van der Waals surface area contributed by atoms with Crippen molar-refractivity contribution in [2.75, 3.05) is 0 Å². The molecule has 0 aliphatic carbocycles. The zero-order chi connectivity index (χ0) is 13.0. The molecule has 0 aliphatic rings. The summed E-state index contributed by atoms with van der Waals surface area (Å²) in [4.78, 5) is 0. The van der Waals surface area contributed by atoms with E-state index in [9.17, 15) is 13.2 Å². The van der Waals surface area contributed by atoms with Gasteiger partial charge in [0.2, 0.25) is 0 Å². The Hall–Kier alpha value is -1.09. The van der Waals surface area contributed by atoms with E-state index in [0.29, 0.717) is 0 Å². The van der Waals surface area contributed by atoms with Crippen molar-refractivity contribution in [1.82, 2.24) is 4.68 Å². The Balaban J connectivity index is 0.000000281. The van der Waals surface area contributed by atoms with E-state index in [1.165, 1.54) is 0 Å². The number of hydrogen-bond donors (Lipinski definition) is 0. The summed E-state index contributed by atoms with van der Waals surface area (Å²) < 4.78 is 63.1. The highest BCUT2D eigenvalue weighted by Crippen LogP contribution is 2.20. The van der Waals surface area contributed by atoms with Crippen LogP contribution in [0.1, 0.15) is 6.92 Å². The minimum absolute atomic E-state index is 1.05. The normalized spacial score (nSPS) is 11.9. The van der Waals surface area contributed by atoms with Gasteiger partial charge in [-0.15, -0.1) is 4.68 Å². The summed E-state index contributed by atoms with van der Waals surface area (Å²) in [6, 6.07) is 2.03. The lowest BCUT2D eigenvalue weighted by atomic mass is 10.7. The Morgan fingerprint density at radius 3 is 2.00 bits per heavy atom. The number of halogens is 3. The van der Waals surface area contributed by atoms with Crippen LogP contribution in [0.5, 0.6) is 0 Å². The van der Waals surface area contributed by atoms with Crippen LogP contribution >= 0.6 is 0 Å². The lowest BCUT2D eigenvalue weighted by Gasteiger charge is -2.08. The summed E-state index contributed by atoms with van der Waals surface area (Å²) in [5, 5.41) is 0. The second-order valence-corrected chi connectivity index (χ2v) is 4.09. The quantitative estimate of drug-likeness (QED) is 0.416. The highest BCUT2D eigenvalue weighted by atomic mass is 32.2. The number of nitrogens with zero attached hydrogens (tertiary/aromatic N) is 2. The third-order valence-corrected chi connectivity index (χ3v) is 2.14. The Bertz CT molecular complexity index is 424. The summed E-state index contributed by atoms with van der Waals surface area (Å²) >= 11 is 0. The standard InChI is InChI=1S/C6H11N2.CHF3O3S/c1-3-8-6-4-5-7(8)2;2-1(3,4)8(5,6)7/h4-6H,3H2,1-2H3;(H,5,6,7)/q+1;/p-1. The molecule has 0 amide bonds. The topological polar surface area (TPSA) is 66.0 Å². The van der Waals surface area contributed by atoms with Gasteiger partial charge in [0.1, 0.15) is 0 Å². The van der Waals surface area contributed by atoms with E-state index in [1.807, 2.05) is 19.3 Å². The minimum Gasteiger partial charge on any atom is -0.741 e. The highest BCUT2D eigenvalue weighted by molar-refractivity contribution is 7.86. The van der Waals surface area contributed by atoms with Gasteiger partial charge in [-0.1, -0.05) is 0 Å². The molecule has 0 aliphatic heterocycles. The molecule has 5 nitrogen and oxygen atoms in total. The predicted octanol–water partition coefficient (Wildman–Crippen LogP) is 0.384.